The Hall–Kier alpha value is -2.23. The molecule has 36 heavy (non-hydrogen) atoms. The zero-order chi connectivity index (χ0) is 25.2. The van der Waals surface area contributed by atoms with Crippen molar-refractivity contribution < 1.29 is 8.42 Å². The number of hydrogen-bond donors (Lipinski definition) is 1. The molecule has 2 aliphatic rings. The van der Waals surface area contributed by atoms with Crippen LogP contribution in [0.15, 0.2) is 18.6 Å². The fraction of sp³-hybridized carbons (Fsp3) is 0.556. The lowest BCUT2D eigenvalue weighted by atomic mass is 9.89. The van der Waals surface area contributed by atoms with E-state index >= 15 is 0 Å². The monoisotopic (exact) mass is 525 g/mol. The Balaban J connectivity index is 1.28. The molecule has 0 saturated carbocycles. The lowest BCUT2D eigenvalue weighted by Gasteiger charge is -2.39. The number of fused-ring (bicyclic) bond motifs is 2. The molecule has 2 saturated heterocycles. The second-order valence-corrected chi connectivity index (χ2v) is 14.4. The molecule has 4 aromatic heterocycles. The average molecular weight is 526 g/mol. The Bertz CT molecular complexity index is 1520. The van der Waals surface area contributed by atoms with E-state index in [1.807, 2.05) is 15.9 Å². The number of thiophene rings is 1. The quantitative estimate of drug-likeness (QED) is 0.384. The summed E-state index contributed by atoms with van der Waals surface area (Å²) in [6, 6.07) is 2.66. The highest BCUT2D eigenvalue weighted by Crippen LogP contribution is 2.46. The standard InChI is InChI=1S/C27H35N5O2S2/c1-16(2)22-23-18(4)25(19-5-9-31(10-6-19)21-7-11-36(33,34)12-8-21)35-27(23)30-24(22)20-13-17(3)26-28-15-29-32(26)14-20/h13-16,19,21,30H,5-12H2,1-4H3. The zero-order valence-corrected chi connectivity index (χ0v) is 23.2. The number of aromatic nitrogens is 4. The van der Waals surface area contributed by atoms with E-state index in [4.69, 9.17) is 0 Å². The van der Waals surface area contributed by atoms with Crippen molar-refractivity contribution in [1.29, 1.82) is 0 Å². The van der Waals surface area contributed by atoms with Crippen LogP contribution in [-0.2, 0) is 9.84 Å². The molecule has 0 aromatic carbocycles. The number of aromatic amines is 1. The van der Waals surface area contributed by atoms with Crippen molar-refractivity contribution in [2.75, 3.05) is 24.6 Å². The van der Waals surface area contributed by atoms with E-state index in [-0.39, 0.29) is 0 Å². The van der Waals surface area contributed by atoms with Crippen LogP contribution in [0.25, 0.3) is 27.1 Å². The molecule has 0 unspecified atom stereocenters. The molecular formula is C27H35N5O2S2. The molecule has 0 radical (unpaired) electrons. The third-order valence-electron chi connectivity index (χ3n) is 8.33. The van der Waals surface area contributed by atoms with Crippen LogP contribution in [0.2, 0.25) is 0 Å². The van der Waals surface area contributed by atoms with Crippen molar-refractivity contribution in [1.82, 2.24) is 24.5 Å². The average Bonchev–Trinajstić information content (AvgIpc) is 3.54. The van der Waals surface area contributed by atoms with Crippen LogP contribution in [0.4, 0.5) is 0 Å². The normalized spacial score (nSPS) is 20.2. The topological polar surface area (TPSA) is 83.4 Å². The van der Waals surface area contributed by atoms with Gasteiger partial charge in [-0.1, -0.05) is 13.8 Å². The Morgan fingerprint density at radius 1 is 1.11 bits per heavy atom. The molecule has 6 rings (SSSR count). The van der Waals surface area contributed by atoms with E-state index in [0.29, 0.717) is 29.4 Å². The van der Waals surface area contributed by atoms with Gasteiger partial charge in [0.25, 0.3) is 0 Å². The number of hydrogen-bond acceptors (Lipinski definition) is 6. The summed E-state index contributed by atoms with van der Waals surface area (Å²) in [6.45, 7) is 11.1. The number of pyridine rings is 1. The van der Waals surface area contributed by atoms with Crippen molar-refractivity contribution >= 4 is 37.0 Å². The van der Waals surface area contributed by atoms with E-state index in [0.717, 1.165) is 55.5 Å². The third kappa shape index (κ3) is 4.09. The van der Waals surface area contributed by atoms with Crippen molar-refractivity contribution in [2.45, 2.75) is 71.3 Å². The van der Waals surface area contributed by atoms with Gasteiger partial charge < -0.3 is 9.88 Å². The molecule has 2 aliphatic heterocycles. The van der Waals surface area contributed by atoms with Gasteiger partial charge in [0.05, 0.1) is 17.2 Å². The highest BCUT2D eigenvalue weighted by atomic mass is 32.2. The van der Waals surface area contributed by atoms with Gasteiger partial charge in [-0.05, 0) is 87.2 Å². The van der Waals surface area contributed by atoms with Crippen molar-refractivity contribution in [3.05, 3.63) is 40.2 Å². The van der Waals surface area contributed by atoms with Crippen LogP contribution >= 0.6 is 11.3 Å². The first-order chi connectivity index (χ1) is 17.2. The largest absolute Gasteiger partial charge is 0.346 e. The van der Waals surface area contributed by atoms with Gasteiger partial charge in [-0.15, -0.1) is 11.3 Å². The van der Waals surface area contributed by atoms with Crippen LogP contribution in [0.5, 0.6) is 0 Å². The Morgan fingerprint density at radius 2 is 1.83 bits per heavy atom. The van der Waals surface area contributed by atoms with Gasteiger partial charge in [0, 0.05) is 28.1 Å². The molecule has 4 aromatic rings. The SMILES string of the molecule is Cc1c(C2CCN(C3CCS(=O)(=O)CC3)CC2)sc2[nH]c(-c3cc(C)c4ncnn4c3)c(C(C)C)c12. The summed E-state index contributed by atoms with van der Waals surface area (Å²) in [6.07, 6.45) is 7.60. The predicted molar refractivity (Wildman–Crippen MR) is 147 cm³/mol. The van der Waals surface area contributed by atoms with E-state index in [1.165, 1.54) is 31.9 Å². The maximum atomic E-state index is 11.8. The lowest BCUT2D eigenvalue weighted by Crippen LogP contribution is -2.44. The second-order valence-electron chi connectivity index (χ2n) is 11.0. The van der Waals surface area contributed by atoms with Crippen molar-refractivity contribution in [3.63, 3.8) is 0 Å². The summed E-state index contributed by atoms with van der Waals surface area (Å²) in [7, 11) is -2.80. The van der Waals surface area contributed by atoms with Crippen LogP contribution in [0, 0.1) is 13.8 Å². The van der Waals surface area contributed by atoms with E-state index in [2.05, 4.69) is 59.9 Å². The molecule has 6 heterocycles. The smallest absolute Gasteiger partial charge is 0.158 e. The summed E-state index contributed by atoms with van der Waals surface area (Å²) in [5.41, 5.74) is 7.20. The van der Waals surface area contributed by atoms with E-state index < -0.39 is 9.84 Å². The number of piperidine rings is 1. The number of rotatable bonds is 4. The van der Waals surface area contributed by atoms with E-state index in [9.17, 15) is 8.42 Å². The summed E-state index contributed by atoms with van der Waals surface area (Å²) < 4.78 is 25.5. The molecule has 0 amide bonds. The van der Waals surface area contributed by atoms with Crippen LogP contribution in [0.1, 0.15) is 72.9 Å². The summed E-state index contributed by atoms with van der Waals surface area (Å²) >= 11 is 1.94. The highest BCUT2D eigenvalue weighted by Gasteiger charge is 2.32. The molecule has 2 fully saturated rings. The summed E-state index contributed by atoms with van der Waals surface area (Å²) in [4.78, 5) is 13.5. The minimum absolute atomic E-state index is 0.357. The van der Waals surface area contributed by atoms with E-state index in [1.54, 1.807) is 6.33 Å². The minimum atomic E-state index is -2.80. The molecule has 0 aliphatic carbocycles. The summed E-state index contributed by atoms with van der Waals surface area (Å²) in [5, 5.41) is 5.78. The second kappa shape index (κ2) is 8.96. The maximum Gasteiger partial charge on any atom is 0.158 e. The van der Waals surface area contributed by atoms with Gasteiger partial charge >= 0.3 is 0 Å². The van der Waals surface area contributed by atoms with Crippen molar-refractivity contribution in [2.24, 2.45) is 0 Å². The first kappa shape index (κ1) is 24.1. The lowest BCUT2D eigenvalue weighted by molar-refractivity contribution is 0.143. The van der Waals surface area contributed by atoms with Gasteiger partial charge in [-0.2, -0.15) is 5.10 Å². The molecule has 1 N–H and O–H groups in total. The van der Waals surface area contributed by atoms with Crippen LogP contribution in [-0.4, -0.2) is 63.5 Å². The molecule has 7 nitrogen and oxygen atoms in total. The van der Waals surface area contributed by atoms with Gasteiger partial charge in [-0.25, -0.2) is 17.9 Å². The number of nitrogens with one attached hydrogen (secondary N) is 1. The Kier molecular flexibility index (Phi) is 6.00. The fourth-order valence-electron chi connectivity index (χ4n) is 6.44. The number of aryl methyl sites for hydroxylation is 2. The third-order valence-corrected chi connectivity index (χ3v) is 11.4. The van der Waals surface area contributed by atoms with Gasteiger partial charge in [-0.3, -0.25) is 0 Å². The molecule has 9 heteroatoms. The number of nitrogens with zero attached hydrogens (tertiary/aromatic N) is 4. The van der Waals surface area contributed by atoms with Gasteiger partial charge in [0.15, 0.2) is 5.65 Å². The van der Waals surface area contributed by atoms with Gasteiger partial charge in [0.1, 0.15) is 21.0 Å². The molecule has 192 valence electrons. The molecule has 0 atom stereocenters. The van der Waals surface area contributed by atoms with Crippen LogP contribution in [0.3, 0.4) is 0 Å². The number of likely N-dealkylation sites (tertiary alicyclic amines) is 1. The van der Waals surface area contributed by atoms with Crippen molar-refractivity contribution in [3.8, 4) is 11.3 Å². The molecule has 0 bridgehead atoms. The highest BCUT2D eigenvalue weighted by molar-refractivity contribution is 7.91. The Morgan fingerprint density at radius 3 is 2.53 bits per heavy atom. The Labute approximate surface area is 216 Å². The molecular weight excluding hydrogens is 490 g/mol. The maximum absolute atomic E-state index is 11.8. The molecule has 0 spiro atoms. The first-order valence-electron chi connectivity index (χ1n) is 13.1. The zero-order valence-electron chi connectivity index (χ0n) is 21.5. The summed E-state index contributed by atoms with van der Waals surface area (Å²) in [5.74, 6) is 1.69. The number of H-pyrrole nitrogens is 1. The number of sulfone groups is 1. The minimum Gasteiger partial charge on any atom is -0.346 e. The first-order valence-corrected chi connectivity index (χ1v) is 15.8. The van der Waals surface area contributed by atoms with Crippen LogP contribution < -0.4 is 0 Å². The fourth-order valence-corrected chi connectivity index (χ4v) is 9.31. The van der Waals surface area contributed by atoms with Gasteiger partial charge in [0.2, 0.25) is 0 Å². The predicted octanol–water partition coefficient (Wildman–Crippen LogP) is 5.44.